The molecule has 0 bridgehead atoms. The van der Waals surface area contributed by atoms with Crippen LogP contribution in [0.5, 0.6) is 5.88 Å². The van der Waals surface area contributed by atoms with E-state index in [2.05, 4.69) is 20.2 Å². The number of hydrogen-bond donors (Lipinski definition) is 2. The smallest absolute Gasteiger partial charge is 0.218 e. The first-order valence-corrected chi connectivity index (χ1v) is 6.92. The summed E-state index contributed by atoms with van der Waals surface area (Å²) >= 11 is 17.6. The van der Waals surface area contributed by atoms with Crippen molar-refractivity contribution in [2.75, 3.05) is 0 Å². The third kappa shape index (κ3) is 2.68. The van der Waals surface area contributed by atoms with E-state index in [1.165, 1.54) is 6.07 Å². The van der Waals surface area contributed by atoms with Crippen molar-refractivity contribution in [2.45, 2.75) is 0 Å². The molecule has 0 amide bonds. The molecule has 3 aromatic rings. The van der Waals surface area contributed by atoms with Crippen molar-refractivity contribution in [1.82, 2.24) is 9.97 Å². The Bertz CT molecular complexity index is 860. The molecule has 0 atom stereocenters. The minimum Gasteiger partial charge on any atom is -0.493 e. The van der Waals surface area contributed by atoms with Crippen molar-refractivity contribution in [1.29, 1.82) is 0 Å². The minimum absolute atomic E-state index is 0.0816. The molecule has 106 valence electrons. The van der Waals surface area contributed by atoms with Crippen LogP contribution in [0.1, 0.15) is 0 Å². The standard InChI is InChI=1S/C13H7Cl3N4O/c14-7-5-8(15)12(18-11(7)16)20-19-10-6-3-1-2-4-9(6)17-13(10)21/h1-5,17,21H. The first-order chi connectivity index (χ1) is 10.1. The largest absolute Gasteiger partial charge is 0.493 e. The summed E-state index contributed by atoms with van der Waals surface area (Å²) in [5, 5.41) is 19.0. The highest BCUT2D eigenvalue weighted by Crippen LogP contribution is 2.37. The zero-order valence-corrected chi connectivity index (χ0v) is 12.6. The number of benzene rings is 1. The summed E-state index contributed by atoms with van der Waals surface area (Å²) in [5.41, 5.74) is 1.05. The fourth-order valence-corrected chi connectivity index (χ4v) is 2.35. The van der Waals surface area contributed by atoms with Crippen molar-refractivity contribution in [3.05, 3.63) is 45.5 Å². The number of pyridine rings is 1. The molecule has 8 heteroatoms. The molecule has 0 saturated carbocycles. The van der Waals surface area contributed by atoms with Gasteiger partial charge in [-0.3, -0.25) is 0 Å². The van der Waals surface area contributed by atoms with E-state index in [1.807, 2.05) is 24.3 Å². The number of aromatic nitrogens is 2. The third-order valence-electron chi connectivity index (χ3n) is 2.77. The van der Waals surface area contributed by atoms with Crippen molar-refractivity contribution < 1.29 is 5.11 Å². The Morgan fingerprint density at radius 2 is 1.81 bits per heavy atom. The molecule has 0 spiro atoms. The molecule has 5 nitrogen and oxygen atoms in total. The van der Waals surface area contributed by atoms with E-state index in [0.29, 0.717) is 5.69 Å². The first kappa shape index (κ1) is 14.1. The van der Waals surface area contributed by atoms with E-state index >= 15 is 0 Å². The Morgan fingerprint density at radius 1 is 1.05 bits per heavy atom. The van der Waals surface area contributed by atoms with E-state index in [0.717, 1.165) is 10.9 Å². The van der Waals surface area contributed by atoms with Crippen LogP contribution in [0.2, 0.25) is 15.2 Å². The molecule has 0 unspecified atom stereocenters. The van der Waals surface area contributed by atoms with Gasteiger partial charge in [0.15, 0.2) is 11.5 Å². The van der Waals surface area contributed by atoms with Gasteiger partial charge in [0.1, 0.15) is 5.15 Å². The number of fused-ring (bicyclic) bond motifs is 1. The van der Waals surface area contributed by atoms with E-state index < -0.39 is 0 Å². The number of azo groups is 1. The molecule has 0 aliphatic rings. The lowest BCUT2D eigenvalue weighted by Crippen LogP contribution is -1.79. The molecule has 2 heterocycles. The summed E-state index contributed by atoms with van der Waals surface area (Å²) in [6.07, 6.45) is 0. The quantitative estimate of drug-likeness (QED) is 0.467. The molecule has 1 aromatic carbocycles. The molecule has 0 aliphatic carbocycles. The van der Waals surface area contributed by atoms with Gasteiger partial charge in [0.05, 0.1) is 15.6 Å². The number of nitrogens with one attached hydrogen (secondary N) is 1. The number of nitrogens with zero attached hydrogens (tertiary/aromatic N) is 3. The van der Waals surface area contributed by atoms with Gasteiger partial charge < -0.3 is 10.1 Å². The maximum Gasteiger partial charge on any atom is 0.218 e. The lowest BCUT2D eigenvalue weighted by molar-refractivity contribution is 0.459. The maximum atomic E-state index is 9.87. The Morgan fingerprint density at radius 3 is 2.62 bits per heavy atom. The number of para-hydroxylation sites is 1. The van der Waals surface area contributed by atoms with Crippen molar-refractivity contribution >= 4 is 57.2 Å². The highest BCUT2D eigenvalue weighted by atomic mass is 35.5. The van der Waals surface area contributed by atoms with Crippen molar-refractivity contribution in [3.63, 3.8) is 0 Å². The van der Waals surface area contributed by atoms with Crippen molar-refractivity contribution in [2.24, 2.45) is 10.2 Å². The highest BCUT2D eigenvalue weighted by molar-refractivity contribution is 6.42. The number of aromatic amines is 1. The topological polar surface area (TPSA) is 73.6 Å². The van der Waals surface area contributed by atoms with E-state index in [9.17, 15) is 5.11 Å². The fourth-order valence-electron chi connectivity index (χ4n) is 1.82. The molecule has 2 aromatic heterocycles. The summed E-state index contributed by atoms with van der Waals surface area (Å²) in [6, 6.07) is 8.74. The molecule has 3 rings (SSSR count). The van der Waals surface area contributed by atoms with Crippen LogP contribution >= 0.6 is 34.8 Å². The highest BCUT2D eigenvalue weighted by Gasteiger charge is 2.11. The SMILES string of the molecule is Oc1[nH]c2ccccc2c1N=Nc1nc(Cl)c(Cl)cc1Cl. The molecule has 21 heavy (non-hydrogen) atoms. The summed E-state index contributed by atoms with van der Waals surface area (Å²) in [4.78, 5) is 6.73. The lowest BCUT2D eigenvalue weighted by Gasteiger charge is -1.99. The minimum atomic E-state index is -0.0869. The monoisotopic (exact) mass is 340 g/mol. The Labute approximate surface area is 134 Å². The van der Waals surface area contributed by atoms with E-state index in [-0.39, 0.29) is 26.9 Å². The number of hydrogen-bond acceptors (Lipinski definition) is 4. The van der Waals surface area contributed by atoms with Gasteiger partial charge in [-0.15, -0.1) is 10.2 Å². The van der Waals surface area contributed by atoms with Crippen LogP contribution in [-0.4, -0.2) is 15.1 Å². The second kappa shape index (κ2) is 5.52. The molecule has 0 radical (unpaired) electrons. The number of halogens is 3. The zero-order chi connectivity index (χ0) is 15.0. The molecular formula is C13H7Cl3N4O. The zero-order valence-electron chi connectivity index (χ0n) is 10.3. The van der Waals surface area contributed by atoms with E-state index in [1.54, 1.807) is 0 Å². The van der Waals surface area contributed by atoms with Crippen molar-refractivity contribution in [3.8, 4) is 5.88 Å². The van der Waals surface area contributed by atoms with Gasteiger partial charge >= 0.3 is 0 Å². The first-order valence-electron chi connectivity index (χ1n) is 5.79. The van der Waals surface area contributed by atoms with Crippen LogP contribution in [0.25, 0.3) is 10.9 Å². The second-order valence-corrected chi connectivity index (χ2v) is 5.31. The Kier molecular flexibility index (Phi) is 3.71. The maximum absolute atomic E-state index is 9.87. The number of aromatic hydroxyl groups is 1. The fraction of sp³-hybridized carbons (Fsp3) is 0. The molecular weight excluding hydrogens is 335 g/mol. The van der Waals surface area contributed by atoms with Crippen LogP contribution in [-0.2, 0) is 0 Å². The Balaban J connectivity index is 2.06. The van der Waals surface area contributed by atoms with Crippen LogP contribution in [0, 0.1) is 0 Å². The molecule has 0 aliphatic heterocycles. The van der Waals surface area contributed by atoms with Gasteiger partial charge in [-0.2, -0.15) is 0 Å². The summed E-state index contributed by atoms with van der Waals surface area (Å²) in [6.45, 7) is 0. The van der Waals surface area contributed by atoms with Gasteiger partial charge in [0, 0.05) is 5.39 Å². The van der Waals surface area contributed by atoms with Gasteiger partial charge in [-0.1, -0.05) is 53.0 Å². The van der Waals surface area contributed by atoms with Gasteiger partial charge in [-0.25, -0.2) is 4.98 Å². The second-order valence-electron chi connectivity index (χ2n) is 4.13. The predicted octanol–water partition coefficient (Wildman–Crippen LogP) is 5.64. The normalized spacial score (nSPS) is 11.6. The Hall–Kier alpha value is -1.82. The van der Waals surface area contributed by atoms with Gasteiger partial charge in [-0.05, 0) is 12.1 Å². The van der Waals surface area contributed by atoms with Gasteiger partial charge in [0.25, 0.3) is 0 Å². The number of rotatable bonds is 2. The van der Waals surface area contributed by atoms with Crippen LogP contribution in [0.4, 0.5) is 11.5 Å². The molecule has 0 saturated heterocycles. The lowest BCUT2D eigenvalue weighted by atomic mass is 10.2. The van der Waals surface area contributed by atoms with E-state index in [4.69, 9.17) is 34.8 Å². The van der Waals surface area contributed by atoms with Gasteiger partial charge in [0.2, 0.25) is 5.88 Å². The predicted molar refractivity (Wildman–Crippen MR) is 83.4 cm³/mol. The van der Waals surface area contributed by atoms with Crippen LogP contribution in [0.3, 0.4) is 0 Å². The molecule has 2 N–H and O–H groups in total. The average Bonchev–Trinajstić information content (AvgIpc) is 2.77. The molecule has 0 fully saturated rings. The number of H-pyrrole nitrogens is 1. The third-order valence-corrected chi connectivity index (χ3v) is 3.72. The van der Waals surface area contributed by atoms with Crippen LogP contribution in [0.15, 0.2) is 40.6 Å². The summed E-state index contributed by atoms with van der Waals surface area (Å²) in [7, 11) is 0. The summed E-state index contributed by atoms with van der Waals surface area (Å²) < 4.78 is 0. The average molecular weight is 342 g/mol. The summed E-state index contributed by atoms with van der Waals surface area (Å²) in [5.74, 6) is 0.0341. The van der Waals surface area contributed by atoms with Crippen LogP contribution < -0.4 is 0 Å².